The number of aromatic hydroxyl groups is 1. The largest absolute Gasteiger partial charge is 0.508 e. The molecule has 0 radical (unpaired) electrons. The zero-order valence-electron chi connectivity index (χ0n) is 10.8. The van der Waals surface area contributed by atoms with Crippen LogP contribution in [0.15, 0.2) is 18.2 Å². The SMILES string of the molecule is C#CCCCCNC1CCCc2ccc(O)cc21. The maximum atomic E-state index is 9.60. The van der Waals surface area contributed by atoms with Crippen LogP contribution in [0.25, 0.3) is 0 Å². The van der Waals surface area contributed by atoms with Gasteiger partial charge >= 0.3 is 0 Å². The molecule has 2 N–H and O–H groups in total. The molecule has 1 aliphatic carbocycles. The molecule has 2 heteroatoms. The molecule has 1 aliphatic rings. The highest BCUT2D eigenvalue weighted by Crippen LogP contribution is 2.31. The van der Waals surface area contributed by atoms with Crippen LogP contribution in [0.4, 0.5) is 0 Å². The van der Waals surface area contributed by atoms with Crippen LogP contribution in [0.1, 0.15) is 49.3 Å². The summed E-state index contributed by atoms with van der Waals surface area (Å²) >= 11 is 0. The smallest absolute Gasteiger partial charge is 0.115 e. The molecule has 0 fully saturated rings. The van der Waals surface area contributed by atoms with Crippen molar-refractivity contribution < 1.29 is 5.11 Å². The van der Waals surface area contributed by atoms with Gasteiger partial charge in [-0.05, 0) is 61.9 Å². The fraction of sp³-hybridized carbons (Fsp3) is 0.500. The Kier molecular flexibility index (Phi) is 4.66. The minimum absolute atomic E-state index is 0.370. The minimum Gasteiger partial charge on any atom is -0.508 e. The third-order valence-electron chi connectivity index (χ3n) is 3.58. The van der Waals surface area contributed by atoms with E-state index in [2.05, 4.69) is 17.3 Å². The van der Waals surface area contributed by atoms with Gasteiger partial charge in [0.25, 0.3) is 0 Å². The number of aryl methyl sites for hydroxylation is 1. The number of nitrogens with one attached hydrogen (secondary N) is 1. The molecule has 1 atom stereocenters. The first-order valence-electron chi connectivity index (χ1n) is 6.80. The molecule has 1 aromatic rings. The number of phenols is 1. The first kappa shape index (κ1) is 13.0. The van der Waals surface area contributed by atoms with Crippen molar-refractivity contribution in [3.8, 4) is 18.1 Å². The van der Waals surface area contributed by atoms with E-state index in [1.165, 1.54) is 17.5 Å². The van der Waals surface area contributed by atoms with E-state index in [1.807, 2.05) is 6.07 Å². The zero-order chi connectivity index (χ0) is 12.8. The summed E-state index contributed by atoms with van der Waals surface area (Å²) in [7, 11) is 0. The van der Waals surface area contributed by atoms with E-state index < -0.39 is 0 Å². The van der Waals surface area contributed by atoms with E-state index in [4.69, 9.17) is 6.42 Å². The van der Waals surface area contributed by atoms with Crippen LogP contribution in [-0.2, 0) is 6.42 Å². The Hall–Kier alpha value is -1.46. The molecule has 2 nitrogen and oxygen atoms in total. The number of unbranched alkanes of at least 4 members (excludes halogenated alkanes) is 2. The summed E-state index contributed by atoms with van der Waals surface area (Å²) < 4.78 is 0. The Bertz CT molecular complexity index is 433. The number of terminal acetylenes is 1. The minimum atomic E-state index is 0.370. The van der Waals surface area contributed by atoms with Crippen molar-refractivity contribution in [1.82, 2.24) is 5.32 Å². The summed E-state index contributed by atoms with van der Waals surface area (Å²) in [6, 6.07) is 6.14. The summed E-state index contributed by atoms with van der Waals surface area (Å²) in [6.07, 6.45) is 11.8. The topological polar surface area (TPSA) is 32.3 Å². The number of rotatable bonds is 5. The first-order valence-corrected chi connectivity index (χ1v) is 6.80. The quantitative estimate of drug-likeness (QED) is 0.615. The number of fused-ring (bicyclic) bond motifs is 1. The number of benzene rings is 1. The lowest BCUT2D eigenvalue weighted by molar-refractivity contribution is 0.442. The van der Waals surface area contributed by atoms with Crippen LogP contribution in [0, 0.1) is 12.3 Å². The summed E-state index contributed by atoms with van der Waals surface area (Å²) in [5.41, 5.74) is 2.65. The van der Waals surface area contributed by atoms with Gasteiger partial charge in [-0.1, -0.05) is 6.07 Å². The molecule has 1 aromatic carbocycles. The Balaban J connectivity index is 1.91. The van der Waals surface area contributed by atoms with Gasteiger partial charge < -0.3 is 10.4 Å². The van der Waals surface area contributed by atoms with Gasteiger partial charge in [-0.15, -0.1) is 12.3 Å². The van der Waals surface area contributed by atoms with Crippen molar-refractivity contribution in [2.45, 2.75) is 44.6 Å². The predicted molar refractivity (Wildman–Crippen MR) is 74.5 cm³/mol. The second-order valence-corrected chi connectivity index (χ2v) is 4.94. The van der Waals surface area contributed by atoms with Gasteiger partial charge in [-0.3, -0.25) is 0 Å². The molecular weight excluding hydrogens is 222 g/mol. The molecule has 0 saturated heterocycles. The standard InChI is InChI=1S/C16H21NO/c1-2-3-4-5-11-17-16-8-6-7-13-9-10-14(18)12-15(13)16/h1,9-10,12,16-18H,3-8,11H2. The molecule has 0 saturated carbocycles. The molecule has 1 unspecified atom stereocenters. The highest BCUT2D eigenvalue weighted by molar-refractivity contribution is 5.38. The summed E-state index contributed by atoms with van der Waals surface area (Å²) in [6.45, 7) is 1.00. The lowest BCUT2D eigenvalue weighted by Crippen LogP contribution is -2.26. The lowest BCUT2D eigenvalue weighted by Gasteiger charge is -2.26. The van der Waals surface area contributed by atoms with Gasteiger partial charge in [-0.25, -0.2) is 0 Å². The molecule has 0 aromatic heterocycles. The van der Waals surface area contributed by atoms with Crippen molar-refractivity contribution in [2.24, 2.45) is 0 Å². The van der Waals surface area contributed by atoms with E-state index in [1.54, 1.807) is 6.07 Å². The summed E-state index contributed by atoms with van der Waals surface area (Å²) in [5, 5.41) is 13.2. The summed E-state index contributed by atoms with van der Waals surface area (Å²) in [4.78, 5) is 0. The van der Waals surface area contributed by atoms with Crippen LogP contribution in [0.2, 0.25) is 0 Å². The lowest BCUT2D eigenvalue weighted by atomic mass is 9.87. The van der Waals surface area contributed by atoms with E-state index in [9.17, 15) is 5.11 Å². The Morgan fingerprint density at radius 1 is 1.39 bits per heavy atom. The summed E-state index contributed by atoms with van der Waals surface area (Å²) in [5.74, 6) is 3.04. The van der Waals surface area contributed by atoms with E-state index >= 15 is 0 Å². The van der Waals surface area contributed by atoms with E-state index in [-0.39, 0.29) is 0 Å². The van der Waals surface area contributed by atoms with Crippen LogP contribution >= 0.6 is 0 Å². The third-order valence-corrected chi connectivity index (χ3v) is 3.58. The van der Waals surface area contributed by atoms with Crippen molar-refractivity contribution >= 4 is 0 Å². The van der Waals surface area contributed by atoms with Crippen LogP contribution in [0.5, 0.6) is 5.75 Å². The fourth-order valence-corrected chi connectivity index (χ4v) is 2.63. The Morgan fingerprint density at radius 2 is 2.28 bits per heavy atom. The normalized spacial score (nSPS) is 18.1. The van der Waals surface area contributed by atoms with Crippen LogP contribution in [0.3, 0.4) is 0 Å². The highest BCUT2D eigenvalue weighted by atomic mass is 16.3. The monoisotopic (exact) mass is 243 g/mol. The van der Waals surface area contributed by atoms with Gasteiger partial charge in [0.15, 0.2) is 0 Å². The fourth-order valence-electron chi connectivity index (χ4n) is 2.63. The highest BCUT2D eigenvalue weighted by Gasteiger charge is 2.19. The average molecular weight is 243 g/mol. The molecular formula is C16H21NO. The molecule has 0 aliphatic heterocycles. The molecule has 0 amide bonds. The molecule has 0 heterocycles. The van der Waals surface area contributed by atoms with Gasteiger partial charge in [0.2, 0.25) is 0 Å². The molecule has 0 spiro atoms. The third kappa shape index (κ3) is 3.27. The van der Waals surface area contributed by atoms with Gasteiger partial charge in [-0.2, -0.15) is 0 Å². The first-order chi connectivity index (χ1) is 8.81. The van der Waals surface area contributed by atoms with Crippen LogP contribution < -0.4 is 5.32 Å². The van der Waals surface area contributed by atoms with Crippen LogP contribution in [-0.4, -0.2) is 11.7 Å². The van der Waals surface area contributed by atoms with Gasteiger partial charge in [0, 0.05) is 12.5 Å². The van der Waals surface area contributed by atoms with Crippen molar-refractivity contribution in [2.75, 3.05) is 6.54 Å². The van der Waals surface area contributed by atoms with E-state index in [0.717, 1.165) is 38.6 Å². The Morgan fingerprint density at radius 3 is 3.11 bits per heavy atom. The maximum Gasteiger partial charge on any atom is 0.115 e. The average Bonchev–Trinajstić information content (AvgIpc) is 2.39. The van der Waals surface area contributed by atoms with Crippen molar-refractivity contribution in [3.05, 3.63) is 29.3 Å². The predicted octanol–water partition coefficient (Wildman–Crippen LogP) is 3.16. The molecule has 2 rings (SSSR count). The van der Waals surface area contributed by atoms with Gasteiger partial charge in [0.05, 0.1) is 0 Å². The van der Waals surface area contributed by atoms with Crippen molar-refractivity contribution in [1.29, 1.82) is 0 Å². The number of phenolic OH excluding ortho intramolecular Hbond substituents is 1. The number of hydrogen-bond donors (Lipinski definition) is 2. The second-order valence-electron chi connectivity index (χ2n) is 4.94. The van der Waals surface area contributed by atoms with E-state index in [0.29, 0.717) is 11.8 Å². The molecule has 18 heavy (non-hydrogen) atoms. The number of hydrogen-bond acceptors (Lipinski definition) is 2. The maximum absolute atomic E-state index is 9.60. The zero-order valence-corrected chi connectivity index (χ0v) is 10.8. The van der Waals surface area contributed by atoms with Gasteiger partial charge in [0.1, 0.15) is 5.75 Å². The molecule has 0 bridgehead atoms. The van der Waals surface area contributed by atoms with Crippen molar-refractivity contribution in [3.63, 3.8) is 0 Å². The Labute approximate surface area is 109 Å². The second kappa shape index (κ2) is 6.47. The molecule has 96 valence electrons.